The number of carbonyl (C=O) groups is 1. The first-order valence-corrected chi connectivity index (χ1v) is 5.24. The van der Waals surface area contributed by atoms with Crippen LogP contribution in [0.4, 0.5) is 5.69 Å². The van der Waals surface area contributed by atoms with Gasteiger partial charge in [0, 0.05) is 12.1 Å². The number of phenols is 1. The molecule has 0 saturated heterocycles. The van der Waals surface area contributed by atoms with Crippen molar-refractivity contribution >= 4 is 11.6 Å². The Bertz CT molecular complexity index is 445. The van der Waals surface area contributed by atoms with E-state index in [-0.39, 0.29) is 23.0 Å². The van der Waals surface area contributed by atoms with Crippen LogP contribution >= 0.6 is 0 Å². The molecule has 0 aliphatic carbocycles. The summed E-state index contributed by atoms with van der Waals surface area (Å²) in [5.41, 5.74) is -0.445. The molecular formula is C11H14N2O4. The Morgan fingerprint density at radius 2 is 2.24 bits per heavy atom. The average Bonchev–Trinajstić information content (AvgIpc) is 2.28. The molecule has 0 bridgehead atoms. The van der Waals surface area contributed by atoms with Gasteiger partial charge in [0.1, 0.15) is 11.3 Å². The summed E-state index contributed by atoms with van der Waals surface area (Å²) >= 11 is 0. The second-order valence-corrected chi connectivity index (χ2v) is 3.74. The second-order valence-electron chi connectivity index (χ2n) is 3.74. The van der Waals surface area contributed by atoms with Gasteiger partial charge >= 0.3 is 0 Å². The number of nitrogens with one attached hydrogen (secondary N) is 1. The first kappa shape index (κ1) is 13.0. The number of hydrogen-bond acceptors (Lipinski definition) is 4. The number of amides is 1. The zero-order valence-electron chi connectivity index (χ0n) is 9.64. The largest absolute Gasteiger partial charge is 0.508 e. The van der Waals surface area contributed by atoms with Crippen LogP contribution in [0, 0.1) is 10.1 Å². The number of hydrogen-bond donors (Lipinski definition) is 2. The summed E-state index contributed by atoms with van der Waals surface area (Å²) in [6.45, 7) is 3.69. The summed E-state index contributed by atoms with van der Waals surface area (Å²) < 4.78 is 0. The van der Waals surface area contributed by atoms with Gasteiger partial charge in [0.15, 0.2) is 0 Å². The quantitative estimate of drug-likeness (QED) is 0.618. The van der Waals surface area contributed by atoms with Crippen LogP contribution in [0.3, 0.4) is 0 Å². The summed E-state index contributed by atoms with van der Waals surface area (Å²) in [4.78, 5) is 21.9. The van der Waals surface area contributed by atoms with Crippen LogP contribution in [-0.4, -0.2) is 22.0 Å². The molecular weight excluding hydrogens is 224 g/mol. The number of nitro groups is 1. The van der Waals surface area contributed by atoms with Gasteiger partial charge in [-0.3, -0.25) is 14.9 Å². The molecule has 1 rings (SSSR count). The molecule has 6 heteroatoms. The van der Waals surface area contributed by atoms with E-state index in [1.54, 1.807) is 6.92 Å². The van der Waals surface area contributed by atoms with Crippen molar-refractivity contribution in [2.45, 2.75) is 26.3 Å². The first-order valence-electron chi connectivity index (χ1n) is 5.24. The fourth-order valence-electron chi connectivity index (χ4n) is 1.27. The number of nitrogens with zero attached hydrogens (tertiary/aromatic N) is 1. The Hall–Kier alpha value is -2.11. The Morgan fingerprint density at radius 1 is 1.59 bits per heavy atom. The lowest BCUT2D eigenvalue weighted by Gasteiger charge is -2.11. The van der Waals surface area contributed by atoms with Gasteiger partial charge in [-0.05, 0) is 25.5 Å². The van der Waals surface area contributed by atoms with Crippen LogP contribution in [0.5, 0.6) is 5.75 Å². The number of phenolic OH excluding ortho intramolecular Hbond substituents is 1. The van der Waals surface area contributed by atoms with Crippen molar-refractivity contribution < 1.29 is 14.8 Å². The number of carbonyl (C=O) groups excluding carboxylic acids is 1. The molecule has 0 fully saturated rings. The molecule has 1 unspecified atom stereocenters. The van der Waals surface area contributed by atoms with Gasteiger partial charge in [-0.25, -0.2) is 0 Å². The summed E-state index contributed by atoms with van der Waals surface area (Å²) in [6.07, 6.45) is 0.721. The Morgan fingerprint density at radius 3 is 2.76 bits per heavy atom. The zero-order valence-corrected chi connectivity index (χ0v) is 9.64. The van der Waals surface area contributed by atoms with Crippen molar-refractivity contribution in [3.05, 3.63) is 33.9 Å². The molecule has 1 aromatic rings. The van der Waals surface area contributed by atoms with Gasteiger partial charge in [0.25, 0.3) is 11.6 Å². The molecule has 6 nitrogen and oxygen atoms in total. The van der Waals surface area contributed by atoms with Crippen molar-refractivity contribution in [1.82, 2.24) is 5.32 Å². The molecule has 2 N–H and O–H groups in total. The van der Waals surface area contributed by atoms with Crippen LogP contribution in [0.15, 0.2) is 18.2 Å². The second kappa shape index (κ2) is 5.29. The topological polar surface area (TPSA) is 92.5 Å². The summed E-state index contributed by atoms with van der Waals surface area (Å²) in [5, 5.41) is 22.6. The lowest BCUT2D eigenvalue weighted by atomic mass is 10.1. The summed E-state index contributed by atoms with van der Waals surface area (Å²) in [6, 6.07) is 3.30. The van der Waals surface area contributed by atoms with Crippen LogP contribution in [0.1, 0.15) is 30.6 Å². The third kappa shape index (κ3) is 3.17. The van der Waals surface area contributed by atoms with Crippen molar-refractivity contribution in [1.29, 1.82) is 0 Å². The minimum Gasteiger partial charge on any atom is -0.508 e. The van der Waals surface area contributed by atoms with E-state index in [4.69, 9.17) is 0 Å². The number of aromatic hydroxyl groups is 1. The molecule has 1 atom stereocenters. The molecule has 1 amide bonds. The van der Waals surface area contributed by atoms with E-state index in [1.165, 1.54) is 6.07 Å². The van der Waals surface area contributed by atoms with E-state index < -0.39 is 10.8 Å². The molecule has 0 spiro atoms. The van der Waals surface area contributed by atoms with E-state index >= 15 is 0 Å². The number of rotatable bonds is 4. The molecule has 0 aliphatic rings. The Labute approximate surface area is 98.4 Å². The van der Waals surface area contributed by atoms with Crippen molar-refractivity contribution in [3.63, 3.8) is 0 Å². The van der Waals surface area contributed by atoms with Crippen LogP contribution < -0.4 is 5.32 Å². The predicted octanol–water partition coefficient (Wildman–Crippen LogP) is 1.83. The molecule has 0 aromatic heterocycles. The Balaban J connectivity index is 3.06. The van der Waals surface area contributed by atoms with E-state index in [9.17, 15) is 20.0 Å². The third-order valence-corrected chi connectivity index (χ3v) is 2.41. The maximum absolute atomic E-state index is 11.8. The van der Waals surface area contributed by atoms with Crippen molar-refractivity contribution in [2.24, 2.45) is 0 Å². The molecule has 0 aliphatic heterocycles. The van der Waals surface area contributed by atoms with Gasteiger partial charge in [-0.1, -0.05) is 6.92 Å². The summed E-state index contributed by atoms with van der Waals surface area (Å²) in [7, 11) is 0. The Kier molecular flexibility index (Phi) is 4.03. The molecule has 0 heterocycles. The fraction of sp³-hybridized carbons (Fsp3) is 0.364. The van der Waals surface area contributed by atoms with Gasteiger partial charge in [0.05, 0.1) is 4.92 Å². The smallest absolute Gasteiger partial charge is 0.282 e. The van der Waals surface area contributed by atoms with E-state index in [1.807, 2.05) is 6.92 Å². The SMILES string of the molecule is CCC(C)NC(=O)c1cc(O)ccc1[N+](=O)[O-]. The highest BCUT2D eigenvalue weighted by atomic mass is 16.6. The minimum absolute atomic E-state index is 0.0792. The highest BCUT2D eigenvalue weighted by Gasteiger charge is 2.21. The molecule has 1 aromatic carbocycles. The van der Waals surface area contributed by atoms with Crippen LogP contribution in [0.2, 0.25) is 0 Å². The lowest BCUT2D eigenvalue weighted by Crippen LogP contribution is -2.32. The molecule has 0 saturated carbocycles. The summed E-state index contributed by atoms with van der Waals surface area (Å²) in [5.74, 6) is -0.730. The third-order valence-electron chi connectivity index (χ3n) is 2.41. The molecule has 0 radical (unpaired) electrons. The van der Waals surface area contributed by atoms with Crippen molar-refractivity contribution in [3.8, 4) is 5.75 Å². The highest BCUT2D eigenvalue weighted by Crippen LogP contribution is 2.23. The van der Waals surface area contributed by atoms with Gasteiger partial charge in [-0.2, -0.15) is 0 Å². The van der Waals surface area contributed by atoms with E-state index in [0.717, 1.165) is 18.6 Å². The zero-order chi connectivity index (χ0) is 13.0. The van der Waals surface area contributed by atoms with E-state index in [2.05, 4.69) is 5.32 Å². The molecule has 17 heavy (non-hydrogen) atoms. The maximum atomic E-state index is 11.8. The van der Waals surface area contributed by atoms with Crippen molar-refractivity contribution in [2.75, 3.05) is 0 Å². The predicted molar refractivity (Wildman–Crippen MR) is 62.0 cm³/mol. The fourth-order valence-corrected chi connectivity index (χ4v) is 1.27. The standard InChI is InChI=1S/C11H14N2O4/c1-3-7(2)12-11(15)9-6-8(14)4-5-10(9)13(16)17/h4-7,14H,3H2,1-2H3,(H,12,15). The van der Waals surface area contributed by atoms with E-state index in [0.29, 0.717) is 0 Å². The number of nitro benzene ring substituents is 1. The van der Waals surface area contributed by atoms with Gasteiger partial charge in [0.2, 0.25) is 0 Å². The van der Waals surface area contributed by atoms with Crippen LogP contribution in [0.25, 0.3) is 0 Å². The maximum Gasteiger partial charge on any atom is 0.282 e. The average molecular weight is 238 g/mol. The number of benzene rings is 1. The highest BCUT2D eigenvalue weighted by molar-refractivity contribution is 5.98. The monoisotopic (exact) mass is 238 g/mol. The van der Waals surface area contributed by atoms with Gasteiger partial charge in [-0.15, -0.1) is 0 Å². The normalized spacial score (nSPS) is 11.9. The first-order chi connectivity index (χ1) is 7.95. The minimum atomic E-state index is -0.648. The van der Waals surface area contributed by atoms with Crippen LogP contribution in [-0.2, 0) is 0 Å². The molecule has 92 valence electrons. The van der Waals surface area contributed by atoms with Gasteiger partial charge < -0.3 is 10.4 Å². The lowest BCUT2D eigenvalue weighted by molar-refractivity contribution is -0.385.